The highest BCUT2D eigenvalue weighted by molar-refractivity contribution is 5.92. The lowest BCUT2D eigenvalue weighted by Gasteiger charge is -2.60. The summed E-state index contributed by atoms with van der Waals surface area (Å²) >= 11 is 0. The van der Waals surface area contributed by atoms with Crippen LogP contribution in [0.2, 0.25) is 0 Å². The Balaban J connectivity index is 1.61. The van der Waals surface area contributed by atoms with Crippen molar-refractivity contribution in [2.24, 2.45) is 34.5 Å². The fourth-order valence-electron chi connectivity index (χ4n) is 7.99. The van der Waals surface area contributed by atoms with Gasteiger partial charge in [0.15, 0.2) is 5.78 Å². The molecule has 2 N–H and O–H groups in total. The molecule has 0 aromatic carbocycles. The lowest BCUT2D eigenvalue weighted by atomic mass is 9.44. The Labute approximate surface area is 164 Å². The van der Waals surface area contributed by atoms with E-state index in [0.29, 0.717) is 35.9 Å². The minimum absolute atomic E-state index is 0.0227. The minimum Gasteiger partial charge on any atom is -0.396 e. The van der Waals surface area contributed by atoms with E-state index in [-0.39, 0.29) is 17.4 Å². The van der Waals surface area contributed by atoms with Crippen LogP contribution in [-0.4, -0.2) is 28.2 Å². The second-order valence-corrected chi connectivity index (χ2v) is 10.6. The number of aliphatic hydroxyl groups excluding tert-OH is 1. The lowest BCUT2D eigenvalue weighted by molar-refractivity contribution is -0.138. The third-order valence-electron chi connectivity index (χ3n) is 9.83. The van der Waals surface area contributed by atoms with Crippen molar-refractivity contribution in [2.45, 2.75) is 90.6 Å². The zero-order valence-electron chi connectivity index (χ0n) is 17.5. The van der Waals surface area contributed by atoms with Crippen molar-refractivity contribution >= 4 is 5.78 Å². The molecule has 3 heteroatoms. The Kier molecular flexibility index (Phi) is 4.87. The van der Waals surface area contributed by atoms with Gasteiger partial charge in [0.25, 0.3) is 0 Å². The van der Waals surface area contributed by atoms with Gasteiger partial charge in [-0.1, -0.05) is 26.3 Å². The van der Waals surface area contributed by atoms with Crippen LogP contribution in [0.25, 0.3) is 0 Å². The van der Waals surface area contributed by atoms with Crippen LogP contribution in [0.4, 0.5) is 0 Å². The number of rotatable bonds is 4. The number of unbranched alkanes of at least 4 members (excludes halogenated alkanes) is 1. The number of carbonyl (C=O) groups excluding carboxylic acids is 1. The molecule has 152 valence electrons. The molecule has 0 aliphatic heterocycles. The maximum absolute atomic E-state index is 12.1. The monoisotopic (exact) mass is 374 g/mol. The molecule has 0 radical (unpaired) electrons. The van der Waals surface area contributed by atoms with Crippen molar-refractivity contribution in [1.29, 1.82) is 0 Å². The summed E-state index contributed by atoms with van der Waals surface area (Å²) in [5.74, 6) is 2.73. The van der Waals surface area contributed by atoms with E-state index >= 15 is 0 Å². The maximum Gasteiger partial charge on any atom is 0.155 e. The van der Waals surface area contributed by atoms with Crippen molar-refractivity contribution in [2.75, 3.05) is 6.61 Å². The summed E-state index contributed by atoms with van der Waals surface area (Å²) in [6.45, 7) is 7.32. The number of fused-ring (bicyclic) bond motifs is 5. The number of hydrogen-bond donors (Lipinski definition) is 2. The molecule has 27 heavy (non-hydrogen) atoms. The van der Waals surface area contributed by atoms with Gasteiger partial charge in [-0.2, -0.15) is 0 Å². The van der Waals surface area contributed by atoms with E-state index in [1.807, 2.05) is 6.08 Å². The highest BCUT2D eigenvalue weighted by Crippen LogP contribution is 2.68. The smallest absolute Gasteiger partial charge is 0.155 e. The van der Waals surface area contributed by atoms with E-state index in [9.17, 15) is 9.90 Å². The summed E-state index contributed by atoms with van der Waals surface area (Å²) in [5, 5.41) is 20.8. The van der Waals surface area contributed by atoms with Crippen LogP contribution in [0.15, 0.2) is 11.6 Å². The van der Waals surface area contributed by atoms with Crippen LogP contribution in [0, 0.1) is 34.5 Å². The molecule has 4 aliphatic carbocycles. The normalized spacial score (nSPS) is 49.2. The Morgan fingerprint density at radius 2 is 1.85 bits per heavy atom. The fourth-order valence-corrected chi connectivity index (χ4v) is 7.99. The molecule has 0 amide bonds. The summed E-state index contributed by atoms with van der Waals surface area (Å²) in [7, 11) is 0. The first-order valence-corrected chi connectivity index (χ1v) is 11.3. The molecule has 0 heterocycles. The highest BCUT2D eigenvalue weighted by Gasteiger charge is 2.64. The van der Waals surface area contributed by atoms with Gasteiger partial charge in [0, 0.05) is 13.0 Å². The summed E-state index contributed by atoms with van der Waals surface area (Å²) < 4.78 is 0. The largest absolute Gasteiger partial charge is 0.396 e. The van der Waals surface area contributed by atoms with Gasteiger partial charge in [0.1, 0.15) is 0 Å². The highest BCUT2D eigenvalue weighted by atomic mass is 16.3. The van der Waals surface area contributed by atoms with Crippen LogP contribution in [0.1, 0.15) is 85.0 Å². The molecule has 0 bridgehead atoms. The molecule has 0 aromatic rings. The van der Waals surface area contributed by atoms with E-state index in [2.05, 4.69) is 20.8 Å². The van der Waals surface area contributed by atoms with Crippen molar-refractivity contribution in [3.05, 3.63) is 11.6 Å². The lowest BCUT2D eigenvalue weighted by Crippen LogP contribution is -2.56. The van der Waals surface area contributed by atoms with Gasteiger partial charge in [-0.05, 0) is 98.4 Å². The van der Waals surface area contributed by atoms with Crippen LogP contribution >= 0.6 is 0 Å². The third kappa shape index (κ3) is 2.71. The van der Waals surface area contributed by atoms with E-state index < -0.39 is 5.60 Å². The first kappa shape index (κ1) is 19.6. The topological polar surface area (TPSA) is 57.5 Å². The number of aliphatic hydroxyl groups is 2. The van der Waals surface area contributed by atoms with Gasteiger partial charge < -0.3 is 10.2 Å². The predicted octanol–water partition coefficient (Wildman–Crippen LogP) is 4.66. The molecule has 4 rings (SSSR count). The molecule has 0 spiro atoms. The molecular weight excluding hydrogens is 336 g/mol. The number of carbonyl (C=O) groups is 1. The fraction of sp³-hybridized carbons (Fsp3) is 0.875. The molecular formula is C24H38O3. The molecule has 3 saturated carbocycles. The van der Waals surface area contributed by atoms with Gasteiger partial charge in [-0.15, -0.1) is 0 Å². The van der Waals surface area contributed by atoms with E-state index in [1.165, 1.54) is 18.4 Å². The number of allylic oxidation sites excluding steroid dienone is 1. The zero-order valence-corrected chi connectivity index (χ0v) is 17.5. The maximum atomic E-state index is 12.1. The Morgan fingerprint density at radius 1 is 1.11 bits per heavy atom. The van der Waals surface area contributed by atoms with E-state index in [4.69, 9.17) is 5.11 Å². The van der Waals surface area contributed by atoms with Gasteiger partial charge >= 0.3 is 0 Å². The molecule has 2 unspecified atom stereocenters. The number of hydrogen-bond acceptors (Lipinski definition) is 3. The Bertz CT molecular complexity index is 640. The van der Waals surface area contributed by atoms with Gasteiger partial charge in [-0.3, -0.25) is 4.79 Å². The average molecular weight is 375 g/mol. The second kappa shape index (κ2) is 6.69. The molecule has 4 aliphatic rings. The van der Waals surface area contributed by atoms with Crippen LogP contribution < -0.4 is 0 Å². The summed E-state index contributed by atoms with van der Waals surface area (Å²) in [6, 6.07) is 0. The van der Waals surface area contributed by atoms with Crippen molar-refractivity contribution < 1.29 is 15.0 Å². The number of ketones is 1. The van der Waals surface area contributed by atoms with Gasteiger partial charge in [0.05, 0.1) is 5.60 Å². The van der Waals surface area contributed by atoms with Crippen molar-refractivity contribution in [3.8, 4) is 0 Å². The zero-order chi connectivity index (χ0) is 19.4. The van der Waals surface area contributed by atoms with Crippen LogP contribution in [0.3, 0.4) is 0 Å². The molecule has 3 fully saturated rings. The minimum atomic E-state index is -0.553. The van der Waals surface area contributed by atoms with Crippen molar-refractivity contribution in [3.63, 3.8) is 0 Å². The third-order valence-corrected chi connectivity index (χ3v) is 9.83. The van der Waals surface area contributed by atoms with Crippen molar-refractivity contribution in [1.82, 2.24) is 0 Å². The summed E-state index contributed by atoms with van der Waals surface area (Å²) in [4.78, 5) is 12.1. The standard InChI is InChI=1S/C24H38O3/c1-16-14-18(26)15-17-6-7-19-20-9-12-24(27,10-4-5-13-25)22(20,2)11-8-21(19)23(16,17)3/h15-16,19-21,25,27H,4-14H2,1-3H3/t16?,19-,20-,21+,22-,23-,24?/m0/s1. The predicted molar refractivity (Wildman–Crippen MR) is 107 cm³/mol. The molecule has 0 saturated heterocycles. The Hall–Kier alpha value is -0.670. The summed E-state index contributed by atoms with van der Waals surface area (Å²) in [5.41, 5.74) is 1.07. The van der Waals surface area contributed by atoms with Crippen LogP contribution in [-0.2, 0) is 4.79 Å². The summed E-state index contributed by atoms with van der Waals surface area (Å²) in [6.07, 6.45) is 11.9. The quantitative estimate of drug-likeness (QED) is 0.704. The second-order valence-electron chi connectivity index (χ2n) is 10.6. The van der Waals surface area contributed by atoms with Gasteiger partial charge in [0.2, 0.25) is 0 Å². The van der Waals surface area contributed by atoms with E-state index in [0.717, 1.165) is 44.9 Å². The van der Waals surface area contributed by atoms with Crippen LogP contribution in [0.5, 0.6) is 0 Å². The van der Waals surface area contributed by atoms with Gasteiger partial charge in [-0.25, -0.2) is 0 Å². The van der Waals surface area contributed by atoms with E-state index in [1.54, 1.807) is 0 Å². The Morgan fingerprint density at radius 3 is 2.59 bits per heavy atom. The first-order chi connectivity index (χ1) is 12.8. The first-order valence-electron chi connectivity index (χ1n) is 11.3. The molecule has 3 nitrogen and oxygen atoms in total. The SMILES string of the molecule is CC1CC(=O)C=C2CC[C@@H]3[C@@H](CC[C@@]4(C)[C@H]3CCC4(O)CCCCO)[C@]21C. The average Bonchev–Trinajstić information content (AvgIpc) is 2.88. The molecule has 7 atom stereocenters. The molecule has 0 aromatic heterocycles.